The van der Waals surface area contributed by atoms with E-state index in [2.05, 4.69) is 22.4 Å². The fraction of sp³-hybridized carbons (Fsp3) is 0.526. The highest BCUT2D eigenvalue weighted by molar-refractivity contribution is 7.15. The number of ether oxygens (including phenoxy) is 2. The van der Waals surface area contributed by atoms with E-state index in [1.165, 1.54) is 24.2 Å². The number of carbonyl (C=O) groups excluding carboxylic acids is 1. The van der Waals surface area contributed by atoms with Crippen LogP contribution in [0.4, 0.5) is 5.13 Å². The van der Waals surface area contributed by atoms with Crippen LogP contribution in [-0.4, -0.2) is 28.3 Å². The van der Waals surface area contributed by atoms with Gasteiger partial charge in [0.05, 0.1) is 0 Å². The zero-order valence-electron chi connectivity index (χ0n) is 15.5. The van der Waals surface area contributed by atoms with Crippen LogP contribution in [0.15, 0.2) is 18.2 Å². The monoisotopic (exact) mass is 375 g/mol. The van der Waals surface area contributed by atoms with Crippen molar-refractivity contribution in [1.29, 1.82) is 0 Å². The van der Waals surface area contributed by atoms with Gasteiger partial charge in [0.15, 0.2) is 18.1 Å². The lowest BCUT2D eigenvalue weighted by atomic mass is 10.0. The molecule has 7 heteroatoms. The molecular weight excluding hydrogens is 350 g/mol. The Balaban J connectivity index is 1.52. The molecule has 1 aliphatic heterocycles. The Kier molecular flexibility index (Phi) is 5.76. The molecule has 2 aromatic rings. The van der Waals surface area contributed by atoms with Gasteiger partial charge in [-0.2, -0.15) is 0 Å². The van der Waals surface area contributed by atoms with Crippen LogP contribution in [0.1, 0.15) is 50.6 Å². The molecule has 140 valence electrons. The molecule has 1 N–H and O–H groups in total. The van der Waals surface area contributed by atoms with Crippen LogP contribution in [0.2, 0.25) is 0 Å². The number of nitrogens with zero attached hydrogens (tertiary/aromatic N) is 2. The molecule has 1 aromatic carbocycles. The standard InChI is InChI=1S/C19H25N3O3S/c1-4-5-6-10-16-21-22-18(26-16)20-15(23)12-24-14-9-7-8-13-11-19(2,3)25-17(13)14/h7-9H,4-6,10-12H2,1-3H3,(H,20,22,23). The van der Waals surface area contributed by atoms with Crippen molar-refractivity contribution in [3.63, 3.8) is 0 Å². The molecule has 0 atom stereocenters. The van der Waals surface area contributed by atoms with Crippen LogP contribution in [0, 0.1) is 0 Å². The van der Waals surface area contributed by atoms with E-state index in [-0.39, 0.29) is 18.1 Å². The van der Waals surface area contributed by atoms with Crippen molar-refractivity contribution in [2.24, 2.45) is 0 Å². The molecule has 0 radical (unpaired) electrons. The first-order valence-corrected chi connectivity index (χ1v) is 9.84. The number of amides is 1. The maximum absolute atomic E-state index is 12.1. The van der Waals surface area contributed by atoms with Gasteiger partial charge in [-0.1, -0.05) is 43.2 Å². The third-order valence-corrected chi connectivity index (χ3v) is 5.02. The van der Waals surface area contributed by atoms with E-state index in [4.69, 9.17) is 9.47 Å². The lowest BCUT2D eigenvalue weighted by Crippen LogP contribution is -2.25. The van der Waals surface area contributed by atoms with Crippen molar-refractivity contribution >= 4 is 22.4 Å². The third-order valence-electron chi connectivity index (χ3n) is 4.12. The number of anilines is 1. The van der Waals surface area contributed by atoms with Crippen LogP contribution in [0.25, 0.3) is 0 Å². The number of carbonyl (C=O) groups is 1. The average molecular weight is 375 g/mol. The normalized spacial score (nSPS) is 14.6. The Morgan fingerprint density at radius 3 is 3.00 bits per heavy atom. The molecule has 1 aliphatic rings. The molecule has 6 nitrogen and oxygen atoms in total. The summed E-state index contributed by atoms with van der Waals surface area (Å²) in [6.07, 6.45) is 5.18. The topological polar surface area (TPSA) is 73.3 Å². The molecule has 0 spiro atoms. The minimum absolute atomic E-state index is 0.0923. The second-order valence-corrected chi connectivity index (χ2v) is 8.14. The van der Waals surface area contributed by atoms with Crippen LogP contribution < -0.4 is 14.8 Å². The van der Waals surface area contributed by atoms with Crippen LogP contribution in [0.3, 0.4) is 0 Å². The molecule has 1 amide bonds. The second-order valence-electron chi connectivity index (χ2n) is 7.08. The summed E-state index contributed by atoms with van der Waals surface area (Å²) in [7, 11) is 0. The van der Waals surface area contributed by atoms with Gasteiger partial charge in [0, 0.05) is 18.4 Å². The minimum Gasteiger partial charge on any atom is -0.483 e. The average Bonchev–Trinajstić information content (AvgIpc) is 3.15. The summed E-state index contributed by atoms with van der Waals surface area (Å²) < 4.78 is 11.6. The van der Waals surface area contributed by atoms with Gasteiger partial charge >= 0.3 is 0 Å². The molecule has 0 unspecified atom stereocenters. The van der Waals surface area contributed by atoms with Crippen molar-refractivity contribution in [1.82, 2.24) is 10.2 Å². The molecule has 0 fully saturated rings. The molecule has 2 heterocycles. The number of nitrogens with one attached hydrogen (secondary N) is 1. The largest absolute Gasteiger partial charge is 0.483 e. The summed E-state index contributed by atoms with van der Waals surface area (Å²) >= 11 is 1.42. The predicted molar refractivity (Wildman–Crippen MR) is 102 cm³/mol. The molecule has 0 aliphatic carbocycles. The van der Waals surface area contributed by atoms with E-state index in [9.17, 15) is 4.79 Å². The van der Waals surface area contributed by atoms with E-state index < -0.39 is 0 Å². The number of para-hydroxylation sites is 1. The summed E-state index contributed by atoms with van der Waals surface area (Å²) in [6.45, 7) is 6.15. The lowest BCUT2D eigenvalue weighted by molar-refractivity contribution is -0.118. The second kappa shape index (κ2) is 8.03. The zero-order chi connectivity index (χ0) is 18.6. The van der Waals surface area contributed by atoms with Crippen molar-refractivity contribution in [3.8, 4) is 11.5 Å². The fourth-order valence-corrected chi connectivity index (χ4v) is 3.73. The van der Waals surface area contributed by atoms with Crippen molar-refractivity contribution < 1.29 is 14.3 Å². The van der Waals surface area contributed by atoms with E-state index in [1.807, 2.05) is 32.0 Å². The Morgan fingerprint density at radius 1 is 1.35 bits per heavy atom. The van der Waals surface area contributed by atoms with E-state index >= 15 is 0 Å². The van der Waals surface area contributed by atoms with Crippen molar-refractivity contribution in [2.45, 2.75) is 58.5 Å². The number of aryl methyl sites for hydroxylation is 1. The van der Waals surface area contributed by atoms with Gasteiger partial charge in [0.2, 0.25) is 5.13 Å². The first-order valence-electron chi connectivity index (χ1n) is 9.03. The van der Waals surface area contributed by atoms with Gasteiger partial charge < -0.3 is 9.47 Å². The van der Waals surface area contributed by atoms with Gasteiger partial charge in [-0.3, -0.25) is 10.1 Å². The van der Waals surface area contributed by atoms with Gasteiger partial charge in [0.1, 0.15) is 10.6 Å². The first kappa shape index (κ1) is 18.6. The minimum atomic E-state index is -0.254. The summed E-state index contributed by atoms with van der Waals surface area (Å²) in [4.78, 5) is 12.1. The van der Waals surface area contributed by atoms with Crippen LogP contribution >= 0.6 is 11.3 Å². The van der Waals surface area contributed by atoms with Gasteiger partial charge in [-0.05, 0) is 26.3 Å². The van der Waals surface area contributed by atoms with E-state index in [0.29, 0.717) is 10.9 Å². The van der Waals surface area contributed by atoms with E-state index in [1.54, 1.807) is 0 Å². The van der Waals surface area contributed by atoms with Gasteiger partial charge in [-0.25, -0.2) is 0 Å². The predicted octanol–water partition coefficient (Wildman–Crippen LogP) is 4.00. The summed E-state index contributed by atoms with van der Waals surface area (Å²) in [6, 6.07) is 5.77. The third kappa shape index (κ3) is 4.72. The number of fused-ring (bicyclic) bond motifs is 1. The molecular formula is C19H25N3O3S. The number of hydrogen-bond acceptors (Lipinski definition) is 6. The Morgan fingerprint density at radius 2 is 2.19 bits per heavy atom. The van der Waals surface area contributed by atoms with Gasteiger partial charge in [-0.15, -0.1) is 10.2 Å². The molecule has 26 heavy (non-hydrogen) atoms. The molecule has 0 bridgehead atoms. The highest BCUT2D eigenvalue weighted by atomic mass is 32.1. The quantitative estimate of drug-likeness (QED) is 0.706. The Labute approximate surface area is 157 Å². The number of unbranched alkanes of at least 4 members (excludes halogenated alkanes) is 2. The molecule has 0 saturated carbocycles. The smallest absolute Gasteiger partial charge is 0.264 e. The lowest BCUT2D eigenvalue weighted by Gasteiger charge is -2.18. The summed E-state index contributed by atoms with van der Waals surface area (Å²) in [5.74, 6) is 1.08. The zero-order valence-corrected chi connectivity index (χ0v) is 16.3. The van der Waals surface area contributed by atoms with Crippen molar-refractivity contribution in [3.05, 3.63) is 28.8 Å². The van der Waals surface area contributed by atoms with E-state index in [0.717, 1.165) is 35.6 Å². The maximum Gasteiger partial charge on any atom is 0.264 e. The Bertz CT molecular complexity index is 773. The fourth-order valence-electron chi connectivity index (χ4n) is 2.93. The number of rotatable bonds is 8. The number of hydrogen-bond donors (Lipinski definition) is 1. The Hall–Kier alpha value is -2.15. The SMILES string of the molecule is CCCCCc1nnc(NC(=O)COc2cccc3c2OC(C)(C)C3)s1. The highest BCUT2D eigenvalue weighted by Crippen LogP contribution is 2.41. The van der Waals surface area contributed by atoms with Crippen LogP contribution in [0.5, 0.6) is 11.5 Å². The highest BCUT2D eigenvalue weighted by Gasteiger charge is 2.32. The van der Waals surface area contributed by atoms with Crippen LogP contribution in [-0.2, 0) is 17.6 Å². The molecule has 0 saturated heterocycles. The van der Waals surface area contributed by atoms with Crippen molar-refractivity contribution in [2.75, 3.05) is 11.9 Å². The summed E-state index contributed by atoms with van der Waals surface area (Å²) in [5.41, 5.74) is 0.860. The maximum atomic E-state index is 12.1. The number of benzene rings is 1. The number of aromatic nitrogens is 2. The summed E-state index contributed by atoms with van der Waals surface area (Å²) in [5, 5.41) is 12.4. The van der Waals surface area contributed by atoms with Gasteiger partial charge in [0.25, 0.3) is 5.91 Å². The molecule has 3 rings (SSSR count). The first-order chi connectivity index (χ1) is 12.5. The molecule has 1 aromatic heterocycles.